The van der Waals surface area contributed by atoms with Crippen LogP contribution in [0.5, 0.6) is 5.88 Å². The van der Waals surface area contributed by atoms with Gasteiger partial charge in [-0.05, 0) is 43.0 Å². The fourth-order valence-electron chi connectivity index (χ4n) is 3.80. The Bertz CT molecular complexity index is 990. The van der Waals surface area contributed by atoms with E-state index in [2.05, 4.69) is 15.3 Å². The molecule has 1 N–H and O–H groups in total. The Morgan fingerprint density at radius 2 is 2.03 bits per heavy atom. The molecule has 3 aromatic rings. The Labute approximate surface area is 169 Å². The molecule has 0 radical (unpaired) electrons. The zero-order chi connectivity index (χ0) is 19.5. The normalized spacial score (nSPS) is 17.9. The van der Waals surface area contributed by atoms with Gasteiger partial charge < -0.3 is 14.8 Å². The van der Waals surface area contributed by atoms with E-state index < -0.39 is 0 Å². The van der Waals surface area contributed by atoms with Crippen LogP contribution in [0.1, 0.15) is 29.7 Å². The standard InChI is InChI=1S/C22H23N5O2/c1-2-18-19(3-1)26-21(16-5-8-23-9-6-16)27-22(18)25-13-15-4-10-24-20(12-15)29-17-7-11-28-14-17/h4-6,8-10,12,17H,1-3,7,11,13-14H2,(H,25,26,27). The molecule has 1 atom stereocenters. The van der Waals surface area contributed by atoms with Gasteiger partial charge in [0.1, 0.15) is 11.9 Å². The number of hydrogen-bond donors (Lipinski definition) is 1. The van der Waals surface area contributed by atoms with Crippen molar-refractivity contribution in [2.45, 2.75) is 38.3 Å². The topological polar surface area (TPSA) is 82.1 Å². The predicted octanol–water partition coefficient (Wildman–Crippen LogP) is 3.20. The van der Waals surface area contributed by atoms with Crippen LogP contribution in [0.3, 0.4) is 0 Å². The number of aryl methyl sites for hydroxylation is 1. The summed E-state index contributed by atoms with van der Waals surface area (Å²) in [4.78, 5) is 18.0. The van der Waals surface area contributed by atoms with E-state index in [1.165, 1.54) is 5.56 Å². The molecule has 1 aliphatic carbocycles. The summed E-state index contributed by atoms with van der Waals surface area (Å²) in [6.45, 7) is 2.04. The van der Waals surface area contributed by atoms with Crippen molar-refractivity contribution in [3.8, 4) is 17.3 Å². The van der Waals surface area contributed by atoms with Gasteiger partial charge in [0.15, 0.2) is 5.82 Å². The molecule has 1 saturated heterocycles. The number of hydrogen-bond acceptors (Lipinski definition) is 7. The smallest absolute Gasteiger partial charge is 0.213 e. The number of ether oxygens (including phenoxy) is 2. The Morgan fingerprint density at radius 3 is 2.90 bits per heavy atom. The third kappa shape index (κ3) is 4.05. The van der Waals surface area contributed by atoms with Crippen LogP contribution in [0.4, 0.5) is 5.82 Å². The Balaban J connectivity index is 1.35. The van der Waals surface area contributed by atoms with Crippen LogP contribution in [0, 0.1) is 0 Å². The molecule has 0 bridgehead atoms. The first-order chi connectivity index (χ1) is 14.3. The van der Waals surface area contributed by atoms with Gasteiger partial charge in [-0.1, -0.05) is 0 Å². The van der Waals surface area contributed by atoms with Crippen LogP contribution in [0.2, 0.25) is 0 Å². The van der Waals surface area contributed by atoms with E-state index in [1.807, 2.05) is 24.3 Å². The molecule has 1 aliphatic heterocycles. The van der Waals surface area contributed by atoms with Crippen molar-refractivity contribution in [3.63, 3.8) is 0 Å². The van der Waals surface area contributed by atoms with Gasteiger partial charge in [0.25, 0.3) is 0 Å². The Morgan fingerprint density at radius 1 is 1.10 bits per heavy atom. The van der Waals surface area contributed by atoms with E-state index in [0.717, 1.165) is 60.8 Å². The molecule has 0 spiro atoms. The summed E-state index contributed by atoms with van der Waals surface area (Å²) >= 11 is 0. The maximum Gasteiger partial charge on any atom is 0.213 e. The molecule has 2 aliphatic rings. The lowest BCUT2D eigenvalue weighted by atomic mass is 10.2. The lowest BCUT2D eigenvalue weighted by Crippen LogP contribution is -2.16. The number of nitrogens with zero attached hydrogens (tertiary/aromatic N) is 4. The highest BCUT2D eigenvalue weighted by molar-refractivity contribution is 5.60. The molecule has 5 rings (SSSR count). The minimum Gasteiger partial charge on any atom is -0.472 e. The maximum atomic E-state index is 5.92. The number of pyridine rings is 2. The number of fused-ring (bicyclic) bond motifs is 1. The first-order valence-corrected chi connectivity index (χ1v) is 10.1. The molecule has 29 heavy (non-hydrogen) atoms. The Kier molecular flexibility index (Phi) is 5.04. The average molecular weight is 389 g/mol. The van der Waals surface area contributed by atoms with E-state index in [0.29, 0.717) is 19.0 Å². The van der Waals surface area contributed by atoms with Crippen LogP contribution >= 0.6 is 0 Å². The second-order valence-corrected chi connectivity index (χ2v) is 7.37. The molecule has 148 valence electrons. The second-order valence-electron chi connectivity index (χ2n) is 7.37. The first-order valence-electron chi connectivity index (χ1n) is 10.1. The van der Waals surface area contributed by atoms with Crippen molar-refractivity contribution in [1.82, 2.24) is 19.9 Å². The molecule has 7 heteroatoms. The summed E-state index contributed by atoms with van der Waals surface area (Å²) < 4.78 is 11.3. The van der Waals surface area contributed by atoms with Crippen LogP contribution in [-0.4, -0.2) is 39.3 Å². The van der Waals surface area contributed by atoms with Gasteiger partial charge in [-0.25, -0.2) is 15.0 Å². The quantitative estimate of drug-likeness (QED) is 0.693. The SMILES string of the molecule is c1cc(-c2nc3c(c(NCc4ccnc(OC5CCOC5)c4)n2)CCC3)ccn1. The summed E-state index contributed by atoms with van der Waals surface area (Å²) in [6, 6.07) is 7.87. The van der Waals surface area contributed by atoms with Crippen molar-refractivity contribution < 1.29 is 9.47 Å². The zero-order valence-electron chi connectivity index (χ0n) is 16.2. The maximum absolute atomic E-state index is 5.92. The van der Waals surface area contributed by atoms with Gasteiger partial charge in [0, 0.05) is 54.4 Å². The van der Waals surface area contributed by atoms with Crippen LogP contribution in [-0.2, 0) is 24.1 Å². The van der Waals surface area contributed by atoms with Crippen molar-refractivity contribution in [3.05, 3.63) is 59.7 Å². The molecule has 7 nitrogen and oxygen atoms in total. The van der Waals surface area contributed by atoms with Gasteiger partial charge in [-0.2, -0.15) is 0 Å². The Hall–Kier alpha value is -3.06. The van der Waals surface area contributed by atoms with Gasteiger partial charge in [-0.15, -0.1) is 0 Å². The van der Waals surface area contributed by atoms with Gasteiger partial charge in [-0.3, -0.25) is 4.98 Å². The van der Waals surface area contributed by atoms with E-state index >= 15 is 0 Å². The molecule has 4 heterocycles. The molecule has 3 aromatic heterocycles. The highest BCUT2D eigenvalue weighted by Gasteiger charge is 2.20. The van der Waals surface area contributed by atoms with Crippen molar-refractivity contribution in [1.29, 1.82) is 0 Å². The molecular formula is C22H23N5O2. The molecule has 0 amide bonds. The third-order valence-corrected chi connectivity index (χ3v) is 5.31. The minimum absolute atomic E-state index is 0.0961. The van der Waals surface area contributed by atoms with E-state index in [-0.39, 0.29) is 6.10 Å². The van der Waals surface area contributed by atoms with Gasteiger partial charge in [0.2, 0.25) is 5.88 Å². The van der Waals surface area contributed by atoms with E-state index in [9.17, 15) is 0 Å². The average Bonchev–Trinajstić information content (AvgIpc) is 3.45. The summed E-state index contributed by atoms with van der Waals surface area (Å²) in [5, 5.41) is 3.52. The monoisotopic (exact) mass is 389 g/mol. The number of aromatic nitrogens is 4. The third-order valence-electron chi connectivity index (χ3n) is 5.31. The first kappa shape index (κ1) is 18.0. The lowest BCUT2D eigenvalue weighted by molar-refractivity contribution is 0.138. The summed E-state index contributed by atoms with van der Waals surface area (Å²) in [5.74, 6) is 2.31. The number of anilines is 1. The van der Waals surface area contributed by atoms with Gasteiger partial charge in [0.05, 0.1) is 13.2 Å². The summed E-state index contributed by atoms with van der Waals surface area (Å²) in [7, 11) is 0. The lowest BCUT2D eigenvalue weighted by Gasteiger charge is -2.14. The second kappa shape index (κ2) is 8.13. The van der Waals surface area contributed by atoms with Crippen molar-refractivity contribution >= 4 is 5.82 Å². The molecule has 0 aromatic carbocycles. The van der Waals surface area contributed by atoms with Crippen molar-refractivity contribution in [2.75, 3.05) is 18.5 Å². The van der Waals surface area contributed by atoms with Gasteiger partial charge >= 0.3 is 0 Å². The zero-order valence-corrected chi connectivity index (χ0v) is 16.2. The predicted molar refractivity (Wildman–Crippen MR) is 109 cm³/mol. The number of rotatable bonds is 6. The number of nitrogens with one attached hydrogen (secondary N) is 1. The van der Waals surface area contributed by atoms with E-state index in [1.54, 1.807) is 18.6 Å². The summed E-state index contributed by atoms with van der Waals surface area (Å²) in [6.07, 6.45) is 9.47. The fraction of sp³-hybridized carbons (Fsp3) is 0.364. The van der Waals surface area contributed by atoms with Crippen LogP contribution < -0.4 is 10.1 Å². The highest BCUT2D eigenvalue weighted by atomic mass is 16.5. The molecule has 1 fully saturated rings. The molecule has 0 saturated carbocycles. The summed E-state index contributed by atoms with van der Waals surface area (Å²) in [5.41, 5.74) is 4.46. The minimum atomic E-state index is 0.0961. The molecular weight excluding hydrogens is 366 g/mol. The fourth-order valence-corrected chi connectivity index (χ4v) is 3.80. The van der Waals surface area contributed by atoms with Crippen LogP contribution in [0.15, 0.2) is 42.9 Å². The van der Waals surface area contributed by atoms with E-state index in [4.69, 9.17) is 19.4 Å². The van der Waals surface area contributed by atoms with Crippen LogP contribution in [0.25, 0.3) is 11.4 Å². The largest absolute Gasteiger partial charge is 0.472 e. The highest BCUT2D eigenvalue weighted by Crippen LogP contribution is 2.29. The molecule has 1 unspecified atom stereocenters. The van der Waals surface area contributed by atoms with Crippen molar-refractivity contribution in [2.24, 2.45) is 0 Å².